The topological polar surface area (TPSA) is 115 Å². The molecule has 12 rings (SSSR count). The van der Waals surface area contributed by atoms with Crippen LogP contribution in [0, 0.1) is 23.7 Å². The summed E-state index contributed by atoms with van der Waals surface area (Å²) in [7, 11) is 3.42. The van der Waals surface area contributed by atoms with E-state index in [1.54, 1.807) is 14.2 Å². The molecule has 6 saturated heterocycles. The molecule has 0 radical (unpaired) electrons. The minimum atomic E-state index is -0.340. The first kappa shape index (κ1) is 41.3. The van der Waals surface area contributed by atoms with Gasteiger partial charge in [-0.2, -0.15) is 11.8 Å². The molecule has 324 valence electrons. The van der Waals surface area contributed by atoms with Gasteiger partial charge in [-0.15, -0.1) is 10.2 Å². The van der Waals surface area contributed by atoms with Crippen molar-refractivity contribution in [3.63, 3.8) is 0 Å². The van der Waals surface area contributed by atoms with Gasteiger partial charge in [-0.3, -0.25) is 19.8 Å². The maximum Gasteiger partial charge on any atom is 0.242 e. The largest absolute Gasteiger partial charge is 0.497 e. The highest BCUT2D eigenvalue weighted by Gasteiger charge is 2.46. The third-order valence-corrected chi connectivity index (χ3v) is 15.6. The van der Waals surface area contributed by atoms with Crippen molar-refractivity contribution in [3.8, 4) is 23.3 Å². The number of aromatic nitrogens is 4. The first-order chi connectivity index (χ1) is 30.5. The molecule has 6 aliphatic heterocycles. The number of ether oxygens (including phenoxy) is 4. The van der Waals surface area contributed by atoms with Gasteiger partial charge in [0.05, 0.1) is 54.7 Å². The van der Waals surface area contributed by atoms with Crippen LogP contribution in [0.3, 0.4) is 0 Å². The van der Waals surface area contributed by atoms with Crippen LogP contribution in [0.5, 0.6) is 23.3 Å². The van der Waals surface area contributed by atoms with Crippen LogP contribution in [0.1, 0.15) is 68.8 Å². The summed E-state index contributed by atoms with van der Waals surface area (Å²) in [6.07, 6.45) is 10.0. The number of methoxy groups -OCH3 is 2. The van der Waals surface area contributed by atoms with E-state index in [1.807, 2.05) is 60.6 Å². The Morgan fingerprint density at radius 2 is 1.21 bits per heavy atom. The zero-order chi connectivity index (χ0) is 42.2. The standard InChI is InChI=1S/C50H58N6O5S/c1-4-31-29-55-20-15-32(31)25-45(55)47(37-13-18-51-43-11-9-35(58-2)27-41(37)43)60-49-39-7-5-6-8-40(39)50(54-53-49)61-48(38-14-19-52-44-12-10-36(59-3)28-42(38)44)46-26-33-16-21-56(46)30-34(33)17-23-62-24-22-57/h5-14,18-19,27-28,31-34,45-48,57H,4,15-17,20-26,29-30H2,1-3H3/t31-,32-,33-,34-,45-,46-,47+,48+/m0/s1. The number of aliphatic hydroxyl groups is 1. The number of aliphatic hydroxyl groups excluding tert-OH is 1. The number of fused-ring (bicyclic) bond motifs is 9. The second-order valence-electron chi connectivity index (χ2n) is 17.7. The summed E-state index contributed by atoms with van der Waals surface area (Å²) in [5.41, 5.74) is 3.96. The Morgan fingerprint density at radius 3 is 1.68 bits per heavy atom. The third kappa shape index (κ3) is 7.92. The van der Waals surface area contributed by atoms with Crippen LogP contribution in [-0.2, 0) is 0 Å². The summed E-state index contributed by atoms with van der Waals surface area (Å²) in [6.45, 7) is 6.79. The Morgan fingerprint density at radius 1 is 0.677 bits per heavy atom. The lowest BCUT2D eigenvalue weighted by Crippen LogP contribution is -2.56. The molecule has 0 aliphatic carbocycles. The normalized spacial score (nSPS) is 26.5. The Kier molecular flexibility index (Phi) is 12.1. The lowest BCUT2D eigenvalue weighted by molar-refractivity contribution is -0.0503. The fourth-order valence-corrected chi connectivity index (χ4v) is 12.2. The lowest BCUT2D eigenvalue weighted by Gasteiger charge is -2.52. The van der Waals surface area contributed by atoms with Crippen molar-refractivity contribution in [3.05, 3.63) is 96.3 Å². The molecule has 0 amide bonds. The molecule has 2 unspecified atom stereocenters. The molecular formula is C50H58N6O5S. The number of rotatable bonds is 16. The van der Waals surface area contributed by atoms with Crippen LogP contribution in [0.2, 0.25) is 0 Å². The number of hydrogen-bond donors (Lipinski definition) is 1. The highest BCUT2D eigenvalue weighted by atomic mass is 32.2. The van der Waals surface area contributed by atoms with E-state index in [2.05, 4.69) is 53.1 Å². The first-order valence-electron chi connectivity index (χ1n) is 22.6. The minimum Gasteiger partial charge on any atom is -0.497 e. The molecule has 3 aromatic carbocycles. The molecule has 0 saturated carbocycles. The molecule has 4 bridgehead atoms. The Labute approximate surface area is 368 Å². The maximum atomic E-state index is 9.37. The number of thioether (sulfide) groups is 1. The molecule has 0 spiro atoms. The molecule has 6 aliphatic rings. The van der Waals surface area contributed by atoms with Crippen molar-refractivity contribution < 1.29 is 24.1 Å². The summed E-state index contributed by atoms with van der Waals surface area (Å²) in [6, 6.07) is 25.0. The van der Waals surface area contributed by atoms with Crippen LogP contribution in [-0.4, -0.2) is 106 Å². The molecule has 6 aromatic rings. The van der Waals surface area contributed by atoms with Gasteiger partial charge in [0.25, 0.3) is 0 Å². The summed E-state index contributed by atoms with van der Waals surface area (Å²) in [5, 5.41) is 23.0. The van der Waals surface area contributed by atoms with Gasteiger partial charge in [-0.25, -0.2) is 0 Å². The quantitative estimate of drug-likeness (QED) is 0.0938. The molecule has 11 nitrogen and oxygen atoms in total. The van der Waals surface area contributed by atoms with Gasteiger partial charge in [0.1, 0.15) is 23.7 Å². The Bertz CT molecular complexity index is 2530. The van der Waals surface area contributed by atoms with Crippen molar-refractivity contribution in [1.29, 1.82) is 0 Å². The molecule has 9 heterocycles. The molecule has 10 atom stereocenters. The summed E-state index contributed by atoms with van der Waals surface area (Å²) >= 11 is 1.86. The van der Waals surface area contributed by atoms with Crippen LogP contribution < -0.4 is 18.9 Å². The number of nitrogens with zero attached hydrogens (tertiary/aromatic N) is 6. The Hall–Kier alpha value is -4.75. The second-order valence-corrected chi connectivity index (χ2v) is 19.0. The van der Waals surface area contributed by atoms with Crippen molar-refractivity contribution in [2.45, 2.75) is 69.7 Å². The number of benzene rings is 3. The van der Waals surface area contributed by atoms with Crippen LogP contribution in [0.15, 0.2) is 85.2 Å². The summed E-state index contributed by atoms with van der Waals surface area (Å²) in [4.78, 5) is 14.8. The van der Waals surface area contributed by atoms with Gasteiger partial charge in [0.15, 0.2) is 0 Å². The monoisotopic (exact) mass is 854 g/mol. The van der Waals surface area contributed by atoms with Crippen molar-refractivity contribution in [1.82, 2.24) is 30.0 Å². The summed E-state index contributed by atoms with van der Waals surface area (Å²) in [5.74, 6) is 7.05. The second kappa shape index (κ2) is 18.2. The van der Waals surface area contributed by atoms with Gasteiger partial charge >= 0.3 is 0 Å². The number of pyridine rings is 2. The van der Waals surface area contributed by atoms with Gasteiger partial charge in [0, 0.05) is 53.1 Å². The van der Waals surface area contributed by atoms with E-state index in [0.29, 0.717) is 35.4 Å². The van der Waals surface area contributed by atoms with E-state index < -0.39 is 0 Å². The van der Waals surface area contributed by atoms with Crippen molar-refractivity contribution >= 4 is 44.3 Å². The van der Waals surface area contributed by atoms with Gasteiger partial charge in [-0.1, -0.05) is 25.5 Å². The highest BCUT2D eigenvalue weighted by Crippen LogP contribution is 2.48. The van der Waals surface area contributed by atoms with E-state index in [9.17, 15) is 5.11 Å². The SMILES string of the molecule is CC[C@H]1CN2CC[C@H]1C[C@H]2[C@H](Oc1nnc(O[C@H](c2ccnc3ccc(OC)cc23)[C@@H]2C[C@@H]3CCN2C[C@@H]3CCSCCO)c2ccccc12)c1ccnc2ccc(OC)cc12. The predicted octanol–water partition coefficient (Wildman–Crippen LogP) is 8.93. The van der Waals surface area contributed by atoms with E-state index in [0.717, 1.165) is 106 Å². The van der Waals surface area contributed by atoms with E-state index in [-0.39, 0.29) is 30.9 Å². The maximum absolute atomic E-state index is 9.37. The number of hydrogen-bond acceptors (Lipinski definition) is 12. The van der Waals surface area contributed by atoms with Gasteiger partial charge in [-0.05, 0) is 135 Å². The summed E-state index contributed by atoms with van der Waals surface area (Å²) < 4.78 is 26.1. The Balaban J connectivity index is 1.03. The van der Waals surface area contributed by atoms with Crippen LogP contribution >= 0.6 is 11.8 Å². The van der Waals surface area contributed by atoms with Gasteiger partial charge < -0.3 is 24.1 Å². The highest BCUT2D eigenvalue weighted by molar-refractivity contribution is 7.99. The molecule has 1 N–H and O–H groups in total. The lowest BCUT2D eigenvalue weighted by atomic mass is 9.72. The average Bonchev–Trinajstić information content (AvgIpc) is 3.33. The molecule has 62 heavy (non-hydrogen) atoms. The third-order valence-electron chi connectivity index (χ3n) is 14.6. The fraction of sp³-hybridized carbons (Fsp3) is 0.480. The van der Waals surface area contributed by atoms with E-state index in [4.69, 9.17) is 39.1 Å². The minimum absolute atomic E-state index is 0.132. The average molecular weight is 855 g/mol. The van der Waals surface area contributed by atoms with Crippen LogP contribution in [0.4, 0.5) is 0 Å². The fourth-order valence-electron chi connectivity index (χ4n) is 11.4. The van der Waals surface area contributed by atoms with Crippen LogP contribution in [0.25, 0.3) is 32.6 Å². The van der Waals surface area contributed by atoms with E-state index in [1.165, 1.54) is 25.7 Å². The first-order valence-corrected chi connectivity index (χ1v) is 23.8. The molecule has 12 heteroatoms. The van der Waals surface area contributed by atoms with E-state index >= 15 is 0 Å². The molecular weight excluding hydrogens is 797 g/mol. The van der Waals surface area contributed by atoms with Gasteiger partial charge in [0.2, 0.25) is 11.8 Å². The predicted molar refractivity (Wildman–Crippen MR) is 245 cm³/mol. The molecule has 3 aromatic heterocycles. The smallest absolute Gasteiger partial charge is 0.242 e. The van der Waals surface area contributed by atoms with Crippen molar-refractivity contribution in [2.75, 3.05) is 58.5 Å². The zero-order valence-electron chi connectivity index (χ0n) is 36.1. The zero-order valence-corrected chi connectivity index (χ0v) is 36.9. The number of piperidine rings is 6. The van der Waals surface area contributed by atoms with Crippen molar-refractivity contribution in [2.24, 2.45) is 23.7 Å². The molecule has 6 fully saturated rings.